The van der Waals surface area contributed by atoms with Crippen LogP contribution in [0.4, 0.5) is 10.1 Å². The molecule has 3 aromatic carbocycles. The van der Waals surface area contributed by atoms with Gasteiger partial charge in [-0.2, -0.15) is 0 Å². The highest BCUT2D eigenvalue weighted by atomic mass is 19.1. The highest BCUT2D eigenvalue weighted by molar-refractivity contribution is 6.06. The summed E-state index contributed by atoms with van der Waals surface area (Å²) in [5, 5.41) is 2.84. The Hall–Kier alpha value is -3.54. The summed E-state index contributed by atoms with van der Waals surface area (Å²) in [6, 6.07) is 18.2. The smallest absolute Gasteiger partial charge is 0.259 e. The Balaban J connectivity index is 1.69. The Morgan fingerprint density at radius 2 is 1.75 bits per heavy atom. The SMILES string of the molecule is COc1ccc(C(=O)Nc2cccc(COc3cccc(F)c3)c2)c(OC)c1. The van der Waals surface area contributed by atoms with E-state index in [2.05, 4.69) is 5.32 Å². The molecule has 6 heteroatoms. The Bertz CT molecular complexity index is 974. The summed E-state index contributed by atoms with van der Waals surface area (Å²) in [7, 11) is 3.04. The number of rotatable bonds is 7. The molecule has 0 spiro atoms. The summed E-state index contributed by atoms with van der Waals surface area (Å²) in [5.74, 6) is 0.805. The van der Waals surface area contributed by atoms with Crippen LogP contribution < -0.4 is 19.5 Å². The van der Waals surface area contributed by atoms with E-state index in [1.54, 1.807) is 49.6 Å². The first-order valence-electron chi connectivity index (χ1n) is 8.59. The van der Waals surface area contributed by atoms with Gasteiger partial charge in [-0.3, -0.25) is 4.79 Å². The van der Waals surface area contributed by atoms with Crippen molar-refractivity contribution in [3.05, 3.63) is 83.7 Å². The second-order valence-corrected chi connectivity index (χ2v) is 5.97. The molecule has 0 saturated carbocycles. The number of ether oxygens (including phenoxy) is 3. The van der Waals surface area contributed by atoms with Crippen molar-refractivity contribution in [2.45, 2.75) is 6.61 Å². The lowest BCUT2D eigenvalue weighted by Gasteiger charge is -2.12. The molecule has 1 amide bonds. The van der Waals surface area contributed by atoms with Gasteiger partial charge < -0.3 is 19.5 Å². The minimum Gasteiger partial charge on any atom is -0.497 e. The zero-order valence-corrected chi connectivity index (χ0v) is 15.6. The molecule has 1 N–H and O–H groups in total. The lowest BCUT2D eigenvalue weighted by Crippen LogP contribution is -2.13. The third-order valence-electron chi connectivity index (χ3n) is 4.04. The molecule has 144 valence electrons. The van der Waals surface area contributed by atoms with Gasteiger partial charge in [-0.15, -0.1) is 0 Å². The molecular formula is C22H20FNO4. The zero-order chi connectivity index (χ0) is 19.9. The maximum Gasteiger partial charge on any atom is 0.259 e. The molecule has 3 rings (SSSR count). The van der Waals surface area contributed by atoms with Crippen LogP contribution in [0.5, 0.6) is 17.2 Å². The van der Waals surface area contributed by atoms with Crippen molar-refractivity contribution in [2.24, 2.45) is 0 Å². The van der Waals surface area contributed by atoms with Crippen molar-refractivity contribution >= 4 is 11.6 Å². The molecule has 0 aliphatic carbocycles. The number of hydrogen-bond acceptors (Lipinski definition) is 4. The first-order chi connectivity index (χ1) is 13.6. The number of carbonyl (C=O) groups is 1. The molecule has 0 aromatic heterocycles. The highest BCUT2D eigenvalue weighted by Crippen LogP contribution is 2.25. The standard InChI is InChI=1S/C22H20FNO4/c1-26-18-9-10-20(21(13-18)27-2)22(25)24-17-7-3-5-15(11-17)14-28-19-8-4-6-16(23)12-19/h3-13H,14H2,1-2H3,(H,24,25). The van der Waals surface area contributed by atoms with Crippen molar-refractivity contribution in [2.75, 3.05) is 19.5 Å². The van der Waals surface area contributed by atoms with Gasteiger partial charge >= 0.3 is 0 Å². The molecule has 28 heavy (non-hydrogen) atoms. The molecule has 0 aliphatic heterocycles. The van der Waals surface area contributed by atoms with E-state index in [-0.39, 0.29) is 18.3 Å². The minimum atomic E-state index is -0.355. The van der Waals surface area contributed by atoms with Gasteiger partial charge in [0.1, 0.15) is 29.7 Å². The molecule has 0 fully saturated rings. The van der Waals surface area contributed by atoms with Gasteiger partial charge in [0.2, 0.25) is 0 Å². The topological polar surface area (TPSA) is 56.8 Å². The third kappa shape index (κ3) is 4.79. The number of amides is 1. The molecule has 3 aromatic rings. The van der Waals surface area contributed by atoms with Crippen LogP contribution >= 0.6 is 0 Å². The van der Waals surface area contributed by atoms with Crippen LogP contribution in [0.25, 0.3) is 0 Å². The van der Waals surface area contributed by atoms with Crippen molar-refractivity contribution in [1.29, 1.82) is 0 Å². The Morgan fingerprint density at radius 1 is 0.929 bits per heavy atom. The van der Waals surface area contributed by atoms with Gasteiger partial charge in [0.25, 0.3) is 5.91 Å². The summed E-state index contributed by atoms with van der Waals surface area (Å²) in [6.07, 6.45) is 0. The van der Waals surface area contributed by atoms with Crippen LogP contribution in [0.3, 0.4) is 0 Å². The van der Waals surface area contributed by atoms with Crippen molar-refractivity contribution in [3.8, 4) is 17.2 Å². The van der Waals surface area contributed by atoms with Gasteiger partial charge in [0, 0.05) is 17.8 Å². The average Bonchev–Trinajstić information content (AvgIpc) is 2.72. The number of methoxy groups -OCH3 is 2. The van der Waals surface area contributed by atoms with E-state index >= 15 is 0 Å². The molecule has 0 bridgehead atoms. The van der Waals surface area contributed by atoms with E-state index in [9.17, 15) is 9.18 Å². The summed E-state index contributed by atoms with van der Waals surface area (Å²) < 4.78 is 29.2. The summed E-state index contributed by atoms with van der Waals surface area (Å²) in [5.41, 5.74) is 1.84. The zero-order valence-electron chi connectivity index (χ0n) is 15.6. The second kappa shape index (κ2) is 8.90. The van der Waals surface area contributed by atoms with E-state index in [1.807, 2.05) is 12.1 Å². The maximum absolute atomic E-state index is 13.2. The van der Waals surface area contributed by atoms with Gasteiger partial charge in [-0.05, 0) is 42.0 Å². The van der Waals surface area contributed by atoms with E-state index in [0.717, 1.165) is 5.56 Å². The van der Waals surface area contributed by atoms with Gasteiger partial charge in [-0.1, -0.05) is 18.2 Å². The van der Waals surface area contributed by atoms with Crippen LogP contribution in [-0.4, -0.2) is 20.1 Å². The molecule has 0 saturated heterocycles. The fourth-order valence-electron chi connectivity index (χ4n) is 2.65. The number of nitrogens with one attached hydrogen (secondary N) is 1. The number of benzene rings is 3. The number of hydrogen-bond donors (Lipinski definition) is 1. The maximum atomic E-state index is 13.2. The monoisotopic (exact) mass is 381 g/mol. The van der Waals surface area contributed by atoms with E-state index in [1.165, 1.54) is 19.2 Å². The first kappa shape index (κ1) is 19.2. The van der Waals surface area contributed by atoms with Crippen LogP contribution in [0.1, 0.15) is 15.9 Å². The minimum absolute atomic E-state index is 0.249. The van der Waals surface area contributed by atoms with Crippen LogP contribution in [0.15, 0.2) is 66.7 Å². The second-order valence-electron chi connectivity index (χ2n) is 5.97. The van der Waals surface area contributed by atoms with Gasteiger partial charge in [0.15, 0.2) is 0 Å². The van der Waals surface area contributed by atoms with Gasteiger partial charge in [0.05, 0.1) is 19.8 Å². The lowest BCUT2D eigenvalue weighted by molar-refractivity contribution is 0.102. The average molecular weight is 381 g/mol. The molecule has 0 heterocycles. The van der Waals surface area contributed by atoms with E-state index < -0.39 is 0 Å². The highest BCUT2D eigenvalue weighted by Gasteiger charge is 2.14. The van der Waals surface area contributed by atoms with Crippen molar-refractivity contribution < 1.29 is 23.4 Å². The Labute approximate surface area is 162 Å². The lowest BCUT2D eigenvalue weighted by atomic mass is 10.1. The molecule has 5 nitrogen and oxygen atoms in total. The predicted octanol–water partition coefficient (Wildman–Crippen LogP) is 4.67. The first-order valence-corrected chi connectivity index (χ1v) is 8.59. The van der Waals surface area contributed by atoms with Crippen LogP contribution in [0.2, 0.25) is 0 Å². The molecule has 0 aliphatic rings. The number of anilines is 1. The quantitative estimate of drug-likeness (QED) is 0.646. The van der Waals surface area contributed by atoms with Gasteiger partial charge in [-0.25, -0.2) is 4.39 Å². The summed E-state index contributed by atoms with van der Waals surface area (Å²) in [4.78, 5) is 12.6. The largest absolute Gasteiger partial charge is 0.497 e. The summed E-state index contributed by atoms with van der Waals surface area (Å²) >= 11 is 0. The van der Waals surface area contributed by atoms with Crippen LogP contribution in [0, 0.1) is 5.82 Å². The molecule has 0 unspecified atom stereocenters. The molecule has 0 atom stereocenters. The van der Waals surface area contributed by atoms with Crippen molar-refractivity contribution in [3.63, 3.8) is 0 Å². The number of halogens is 1. The number of carbonyl (C=O) groups excluding carboxylic acids is 1. The van der Waals surface area contributed by atoms with E-state index in [0.29, 0.717) is 28.5 Å². The fraction of sp³-hybridized carbons (Fsp3) is 0.136. The summed E-state index contributed by atoms with van der Waals surface area (Å²) in [6.45, 7) is 0.249. The predicted molar refractivity (Wildman–Crippen MR) is 105 cm³/mol. The van der Waals surface area contributed by atoms with E-state index in [4.69, 9.17) is 14.2 Å². The molecular weight excluding hydrogens is 361 g/mol. The van der Waals surface area contributed by atoms with Crippen molar-refractivity contribution in [1.82, 2.24) is 0 Å². The molecule has 0 radical (unpaired) electrons. The van der Waals surface area contributed by atoms with Crippen LogP contribution in [-0.2, 0) is 6.61 Å². The Morgan fingerprint density at radius 3 is 2.50 bits per heavy atom. The normalized spacial score (nSPS) is 10.2. The fourth-order valence-corrected chi connectivity index (χ4v) is 2.65. The third-order valence-corrected chi connectivity index (χ3v) is 4.04. The Kier molecular flexibility index (Phi) is 6.11.